The molecule has 2 heterocycles. The quantitative estimate of drug-likeness (QED) is 0.711. The van der Waals surface area contributed by atoms with Crippen molar-refractivity contribution < 1.29 is 22.8 Å². The zero-order chi connectivity index (χ0) is 19.1. The van der Waals surface area contributed by atoms with E-state index in [9.17, 15) is 22.8 Å². The average molecular weight is 385 g/mol. The van der Waals surface area contributed by atoms with Gasteiger partial charge in [-0.25, -0.2) is 13.2 Å². The minimum Gasteiger partial charge on any atom is -0.337 e. The lowest BCUT2D eigenvalue weighted by molar-refractivity contribution is -0.141. The van der Waals surface area contributed by atoms with Crippen LogP contribution in [0.4, 0.5) is 4.79 Å². The molecule has 1 aliphatic carbocycles. The zero-order valence-corrected chi connectivity index (χ0v) is 16.2. The third-order valence-electron chi connectivity index (χ3n) is 6.11. The minimum atomic E-state index is -3.12. The number of hydrogen-bond donors (Lipinski definition) is 1. The Morgan fingerprint density at radius 1 is 1.31 bits per heavy atom. The highest BCUT2D eigenvalue weighted by atomic mass is 32.2. The van der Waals surface area contributed by atoms with E-state index in [-0.39, 0.29) is 41.8 Å². The summed E-state index contributed by atoms with van der Waals surface area (Å²) in [7, 11) is -3.12. The summed E-state index contributed by atoms with van der Waals surface area (Å²) in [4.78, 5) is 40.6. The number of nitrogens with one attached hydrogen (secondary N) is 1. The maximum Gasteiger partial charge on any atom is 0.325 e. The van der Waals surface area contributed by atoms with Crippen molar-refractivity contribution in [2.75, 3.05) is 24.6 Å². The molecule has 0 unspecified atom stereocenters. The molecule has 1 N–H and O–H groups in total. The monoisotopic (exact) mass is 385 g/mol. The highest BCUT2D eigenvalue weighted by Crippen LogP contribution is 2.38. The Hall–Kier alpha value is -1.64. The smallest absolute Gasteiger partial charge is 0.325 e. The van der Waals surface area contributed by atoms with Gasteiger partial charge in [0.2, 0.25) is 5.91 Å². The zero-order valence-electron chi connectivity index (χ0n) is 15.4. The molecule has 1 spiro atoms. The molecular weight excluding hydrogens is 358 g/mol. The van der Waals surface area contributed by atoms with Crippen molar-refractivity contribution in [1.82, 2.24) is 15.1 Å². The van der Waals surface area contributed by atoms with Crippen molar-refractivity contribution in [2.24, 2.45) is 5.92 Å². The third-order valence-corrected chi connectivity index (χ3v) is 7.86. The lowest BCUT2D eigenvalue weighted by Gasteiger charge is -2.37. The first-order valence-electron chi connectivity index (χ1n) is 9.34. The van der Waals surface area contributed by atoms with E-state index in [1.165, 1.54) is 4.90 Å². The van der Waals surface area contributed by atoms with Crippen LogP contribution in [0, 0.1) is 5.92 Å². The van der Waals surface area contributed by atoms with Crippen LogP contribution in [0.5, 0.6) is 0 Å². The molecule has 146 valence electrons. The summed E-state index contributed by atoms with van der Waals surface area (Å²) in [6.45, 7) is 3.76. The third kappa shape index (κ3) is 3.21. The second-order valence-electron chi connectivity index (χ2n) is 7.68. The van der Waals surface area contributed by atoms with E-state index in [2.05, 4.69) is 5.32 Å². The Balaban J connectivity index is 1.72. The van der Waals surface area contributed by atoms with Gasteiger partial charge in [-0.3, -0.25) is 14.5 Å². The topological polar surface area (TPSA) is 104 Å². The van der Waals surface area contributed by atoms with Crippen LogP contribution in [0.1, 0.15) is 46.0 Å². The summed E-state index contributed by atoms with van der Waals surface area (Å²) in [6.07, 6.45) is 3.78. The molecule has 0 radical (unpaired) electrons. The molecule has 0 aromatic rings. The standard InChI is InChI=1S/C17H27N3O5S/c1-3-19(13-7-9-26(24,25)11-13)14(21)10-20-15(22)17(18-16(20)23)8-5-4-6-12(17)2/h12-13H,3-11H2,1-2H3,(H,18,23)/t12-,13+,17-/m0/s1. The van der Waals surface area contributed by atoms with Gasteiger partial charge < -0.3 is 10.2 Å². The molecule has 26 heavy (non-hydrogen) atoms. The van der Waals surface area contributed by atoms with Gasteiger partial charge in [0.1, 0.15) is 12.1 Å². The number of carbonyl (C=O) groups is 3. The molecule has 2 aliphatic heterocycles. The van der Waals surface area contributed by atoms with Crippen molar-refractivity contribution in [1.29, 1.82) is 0 Å². The first kappa shape index (κ1) is 19.1. The molecule has 3 atom stereocenters. The Bertz CT molecular complexity index is 722. The normalized spacial score (nSPS) is 33.5. The number of sulfone groups is 1. The van der Waals surface area contributed by atoms with E-state index in [4.69, 9.17) is 0 Å². The van der Waals surface area contributed by atoms with Crippen LogP contribution in [-0.4, -0.2) is 72.2 Å². The predicted molar refractivity (Wildman–Crippen MR) is 95.1 cm³/mol. The van der Waals surface area contributed by atoms with Crippen LogP contribution >= 0.6 is 0 Å². The molecule has 3 rings (SSSR count). The SMILES string of the molecule is CCN(C(=O)CN1C(=O)N[C@]2(CCCC[C@@H]2C)C1=O)[C@@H]1CCS(=O)(=O)C1. The number of likely N-dealkylation sites (N-methyl/N-ethyl adjacent to an activating group) is 1. The summed E-state index contributed by atoms with van der Waals surface area (Å²) < 4.78 is 23.4. The number of urea groups is 1. The Morgan fingerprint density at radius 3 is 2.62 bits per heavy atom. The molecule has 0 aromatic carbocycles. The number of hydrogen-bond acceptors (Lipinski definition) is 5. The number of amides is 4. The fourth-order valence-corrected chi connectivity index (χ4v) is 6.26. The first-order valence-corrected chi connectivity index (χ1v) is 11.2. The summed E-state index contributed by atoms with van der Waals surface area (Å²) in [5.41, 5.74) is -0.886. The number of rotatable bonds is 4. The summed E-state index contributed by atoms with van der Waals surface area (Å²) in [6, 6.07) is -0.895. The van der Waals surface area contributed by atoms with E-state index in [0.29, 0.717) is 19.4 Å². The van der Waals surface area contributed by atoms with Gasteiger partial charge in [0.05, 0.1) is 11.5 Å². The molecule has 4 amide bonds. The lowest BCUT2D eigenvalue weighted by atomic mass is 9.73. The number of carbonyl (C=O) groups excluding carboxylic acids is 3. The Morgan fingerprint density at radius 2 is 2.04 bits per heavy atom. The highest BCUT2D eigenvalue weighted by Gasteiger charge is 2.55. The fourth-order valence-electron chi connectivity index (χ4n) is 4.52. The van der Waals surface area contributed by atoms with E-state index >= 15 is 0 Å². The molecule has 8 nitrogen and oxygen atoms in total. The Kier molecular flexibility index (Phi) is 5.02. The van der Waals surface area contributed by atoms with Gasteiger partial charge in [0.15, 0.2) is 9.84 Å². The van der Waals surface area contributed by atoms with Gasteiger partial charge in [-0.1, -0.05) is 19.8 Å². The van der Waals surface area contributed by atoms with Crippen LogP contribution in [0.25, 0.3) is 0 Å². The maximum absolute atomic E-state index is 12.9. The van der Waals surface area contributed by atoms with E-state index in [0.717, 1.165) is 24.2 Å². The molecule has 9 heteroatoms. The van der Waals surface area contributed by atoms with Gasteiger partial charge >= 0.3 is 6.03 Å². The summed E-state index contributed by atoms with van der Waals surface area (Å²) in [5.74, 6) is -0.634. The lowest BCUT2D eigenvalue weighted by Crippen LogP contribution is -2.54. The highest BCUT2D eigenvalue weighted by molar-refractivity contribution is 7.91. The van der Waals surface area contributed by atoms with Crippen LogP contribution in [0.3, 0.4) is 0 Å². The number of nitrogens with zero attached hydrogens (tertiary/aromatic N) is 2. The van der Waals surface area contributed by atoms with Crippen LogP contribution < -0.4 is 5.32 Å². The van der Waals surface area contributed by atoms with Crippen LogP contribution in [0.2, 0.25) is 0 Å². The van der Waals surface area contributed by atoms with Crippen LogP contribution in [0.15, 0.2) is 0 Å². The second kappa shape index (κ2) is 6.83. The Labute approximate surface area is 154 Å². The molecule has 0 bridgehead atoms. The van der Waals surface area contributed by atoms with Gasteiger partial charge in [-0.15, -0.1) is 0 Å². The van der Waals surface area contributed by atoms with Crippen molar-refractivity contribution in [2.45, 2.75) is 57.5 Å². The molecular formula is C17H27N3O5S. The predicted octanol–water partition coefficient (Wildman–Crippen LogP) is 0.523. The van der Waals surface area contributed by atoms with E-state index in [1.54, 1.807) is 6.92 Å². The van der Waals surface area contributed by atoms with Crippen molar-refractivity contribution in [3.05, 3.63) is 0 Å². The van der Waals surface area contributed by atoms with Crippen molar-refractivity contribution >= 4 is 27.7 Å². The maximum atomic E-state index is 12.9. The molecule has 1 saturated carbocycles. The van der Waals surface area contributed by atoms with Crippen molar-refractivity contribution in [3.8, 4) is 0 Å². The summed E-state index contributed by atoms with van der Waals surface area (Å²) in [5, 5.41) is 2.83. The molecule has 3 fully saturated rings. The second-order valence-corrected chi connectivity index (χ2v) is 9.90. The van der Waals surface area contributed by atoms with E-state index < -0.39 is 21.4 Å². The molecule has 3 aliphatic rings. The molecule has 0 aromatic heterocycles. The summed E-state index contributed by atoms with van der Waals surface area (Å²) >= 11 is 0. The fraction of sp³-hybridized carbons (Fsp3) is 0.824. The van der Waals surface area contributed by atoms with Gasteiger partial charge in [-0.2, -0.15) is 0 Å². The van der Waals surface area contributed by atoms with Crippen LogP contribution in [-0.2, 0) is 19.4 Å². The largest absolute Gasteiger partial charge is 0.337 e. The van der Waals surface area contributed by atoms with Crippen molar-refractivity contribution in [3.63, 3.8) is 0 Å². The van der Waals surface area contributed by atoms with Gasteiger partial charge in [0.25, 0.3) is 5.91 Å². The minimum absolute atomic E-state index is 0.0371. The van der Waals surface area contributed by atoms with Gasteiger partial charge in [-0.05, 0) is 32.1 Å². The first-order chi connectivity index (χ1) is 12.2. The van der Waals surface area contributed by atoms with E-state index in [1.807, 2.05) is 6.92 Å². The van der Waals surface area contributed by atoms with Gasteiger partial charge in [0, 0.05) is 12.6 Å². The number of imide groups is 1. The average Bonchev–Trinajstić information content (AvgIpc) is 3.04. The molecule has 2 saturated heterocycles.